The number of thiophene rings is 1. The molecule has 1 aliphatic rings. The minimum absolute atomic E-state index is 0.101. The van der Waals surface area contributed by atoms with Crippen LogP contribution in [-0.4, -0.2) is 29.1 Å². The van der Waals surface area contributed by atoms with E-state index in [4.69, 9.17) is 4.52 Å². The predicted octanol–water partition coefficient (Wildman–Crippen LogP) is 3.93. The van der Waals surface area contributed by atoms with Gasteiger partial charge in [-0.3, -0.25) is 9.69 Å². The summed E-state index contributed by atoms with van der Waals surface area (Å²) in [5.74, 6) is 1.10. The van der Waals surface area contributed by atoms with E-state index >= 15 is 0 Å². The molecule has 1 saturated heterocycles. The van der Waals surface area contributed by atoms with Crippen LogP contribution in [0.5, 0.6) is 0 Å². The van der Waals surface area contributed by atoms with Gasteiger partial charge in [-0.2, -0.15) is 0 Å². The molecule has 1 amide bonds. The number of nitrogens with one attached hydrogen (secondary N) is 1. The van der Waals surface area contributed by atoms with Crippen LogP contribution in [0.4, 0.5) is 0 Å². The second-order valence-electron chi connectivity index (χ2n) is 6.91. The fourth-order valence-corrected chi connectivity index (χ4v) is 4.11. The minimum Gasteiger partial charge on any atom is -0.355 e. The van der Waals surface area contributed by atoms with Gasteiger partial charge < -0.3 is 9.84 Å². The summed E-state index contributed by atoms with van der Waals surface area (Å²) < 4.78 is 5.45. The number of amides is 1. The number of hydrogen-bond acceptors (Lipinski definition) is 5. The van der Waals surface area contributed by atoms with Gasteiger partial charge in [0.25, 0.3) is 0 Å². The van der Waals surface area contributed by atoms with Gasteiger partial charge in [-0.05, 0) is 42.9 Å². The zero-order valence-corrected chi connectivity index (χ0v) is 16.0. The molecule has 27 heavy (non-hydrogen) atoms. The van der Waals surface area contributed by atoms with E-state index in [1.165, 1.54) is 0 Å². The fraction of sp³-hybridized carbons (Fsp3) is 0.333. The molecule has 2 aromatic heterocycles. The number of carbonyl (C=O) groups is 1. The second kappa shape index (κ2) is 8.50. The number of likely N-dealkylation sites (tertiary alicyclic amines) is 1. The summed E-state index contributed by atoms with van der Waals surface area (Å²) in [4.78, 5) is 15.9. The maximum Gasteiger partial charge on any atom is 0.223 e. The van der Waals surface area contributed by atoms with Gasteiger partial charge in [-0.15, -0.1) is 11.3 Å². The summed E-state index contributed by atoms with van der Waals surface area (Å²) in [6.45, 7) is 3.19. The van der Waals surface area contributed by atoms with Gasteiger partial charge in [0.05, 0.1) is 10.6 Å². The molecule has 3 heterocycles. The SMILES string of the molecule is O=C(NCc1ccccc1)C1CCN(Cc2cc(-c3cccs3)on2)CC1. The van der Waals surface area contributed by atoms with E-state index in [1.54, 1.807) is 11.3 Å². The molecule has 1 aliphatic heterocycles. The Morgan fingerprint density at radius 2 is 2.00 bits per heavy atom. The third kappa shape index (κ3) is 4.64. The molecular weight excluding hydrogens is 358 g/mol. The van der Waals surface area contributed by atoms with Crippen LogP contribution >= 0.6 is 11.3 Å². The van der Waals surface area contributed by atoms with Crippen LogP contribution < -0.4 is 5.32 Å². The number of nitrogens with zero attached hydrogens (tertiary/aromatic N) is 2. The van der Waals surface area contributed by atoms with Crippen molar-refractivity contribution in [2.24, 2.45) is 5.92 Å². The maximum atomic E-state index is 12.4. The molecule has 140 valence electrons. The maximum absolute atomic E-state index is 12.4. The van der Waals surface area contributed by atoms with Crippen LogP contribution in [0.2, 0.25) is 0 Å². The summed E-state index contributed by atoms with van der Waals surface area (Å²) >= 11 is 1.65. The van der Waals surface area contributed by atoms with E-state index in [9.17, 15) is 4.79 Å². The van der Waals surface area contributed by atoms with Crippen LogP contribution in [-0.2, 0) is 17.9 Å². The number of carbonyl (C=O) groups excluding carboxylic acids is 1. The van der Waals surface area contributed by atoms with Crippen molar-refractivity contribution in [2.45, 2.75) is 25.9 Å². The highest BCUT2D eigenvalue weighted by Gasteiger charge is 2.25. The van der Waals surface area contributed by atoms with Crippen molar-refractivity contribution in [3.8, 4) is 10.6 Å². The van der Waals surface area contributed by atoms with E-state index < -0.39 is 0 Å². The van der Waals surface area contributed by atoms with Crippen molar-refractivity contribution >= 4 is 17.2 Å². The standard InChI is InChI=1S/C21H23N3O2S/c25-21(22-14-16-5-2-1-3-6-16)17-8-10-24(11-9-17)15-18-13-19(26-23-18)20-7-4-12-27-20/h1-7,12-13,17H,8-11,14-15H2,(H,22,25). The average molecular weight is 382 g/mol. The predicted molar refractivity (Wildman–Crippen MR) is 106 cm³/mol. The molecule has 0 atom stereocenters. The van der Waals surface area contributed by atoms with Crippen molar-refractivity contribution < 1.29 is 9.32 Å². The minimum atomic E-state index is 0.101. The van der Waals surface area contributed by atoms with E-state index in [2.05, 4.69) is 15.4 Å². The van der Waals surface area contributed by atoms with Crippen molar-refractivity contribution in [2.75, 3.05) is 13.1 Å². The largest absolute Gasteiger partial charge is 0.355 e. The summed E-state index contributed by atoms with van der Waals surface area (Å²) in [6.07, 6.45) is 1.77. The van der Waals surface area contributed by atoms with Crippen LogP contribution in [0.3, 0.4) is 0 Å². The number of rotatable bonds is 6. The van der Waals surface area contributed by atoms with Crippen LogP contribution in [0.15, 0.2) is 58.4 Å². The molecule has 5 nitrogen and oxygen atoms in total. The Bertz CT molecular complexity index is 853. The second-order valence-corrected chi connectivity index (χ2v) is 7.86. The lowest BCUT2D eigenvalue weighted by molar-refractivity contribution is -0.126. The summed E-state index contributed by atoms with van der Waals surface area (Å²) in [7, 11) is 0. The molecule has 0 radical (unpaired) electrons. The summed E-state index contributed by atoms with van der Waals surface area (Å²) in [6, 6.07) is 16.1. The van der Waals surface area contributed by atoms with Crippen LogP contribution in [0, 0.1) is 5.92 Å². The lowest BCUT2D eigenvalue weighted by atomic mass is 9.95. The molecule has 1 aromatic carbocycles. The highest BCUT2D eigenvalue weighted by Crippen LogP contribution is 2.26. The van der Waals surface area contributed by atoms with Gasteiger partial charge in [0, 0.05) is 25.1 Å². The van der Waals surface area contributed by atoms with E-state index in [0.717, 1.165) is 54.4 Å². The Morgan fingerprint density at radius 1 is 1.19 bits per heavy atom. The number of benzene rings is 1. The highest BCUT2D eigenvalue weighted by molar-refractivity contribution is 7.13. The molecule has 1 fully saturated rings. The fourth-order valence-electron chi connectivity index (χ4n) is 3.43. The van der Waals surface area contributed by atoms with Gasteiger partial charge in [-0.25, -0.2) is 0 Å². The molecule has 6 heteroatoms. The normalized spacial score (nSPS) is 15.7. The molecule has 0 spiro atoms. The van der Waals surface area contributed by atoms with Crippen molar-refractivity contribution in [3.05, 3.63) is 65.2 Å². The van der Waals surface area contributed by atoms with Gasteiger partial charge in [0.15, 0.2) is 5.76 Å². The molecule has 0 bridgehead atoms. The first kappa shape index (κ1) is 17.9. The van der Waals surface area contributed by atoms with Crippen molar-refractivity contribution in [3.63, 3.8) is 0 Å². The molecule has 3 aromatic rings. The molecule has 0 unspecified atom stereocenters. The Labute approximate surface area is 163 Å². The Morgan fingerprint density at radius 3 is 2.74 bits per heavy atom. The first-order valence-corrected chi connectivity index (χ1v) is 10.2. The number of hydrogen-bond donors (Lipinski definition) is 1. The Hall–Kier alpha value is -2.44. The first-order chi connectivity index (χ1) is 13.3. The average Bonchev–Trinajstić information content (AvgIpc) is 3.39. The lowest BCUT2D eigenvalue weighted by Crippen LogP contribution is -2.40. The van der Waals surface area contributed by atoms with E-state index in [0.29, 0.717) is 6.54 Å². The zero-order chi connectivity index (χ0) is 18.5. The summed E-state index contributed by atoms with van der Waals surface area (Å²) in [5, 5.41) is 9.30. The van der Waals surface area contributed by atoms with E-state index in [1.807, 2.05) is 53.9 Å². The number of aromatic nitrogens is 1. The van der Waals surface area contributed by atoms with Crippen molar-refractivity contribution in [1.29, 1.82) is 0 Å². The Balaban J connectivity index is 1.23. The molecule has 1 N–H and O–H groups in total. The topological polar surface area (TPSA) is 58.4 Å². The third-order valence-corrected chi connectivity index (χ3v) is 5.86. The molecular formula is C21H23N3O2S. The lowest BCUT2D eigenvalue weighted by Gasteiger charge is -2.30. The van der Waals surface area contributed by atoms with E-state index in [-0.39, 0.29) is 11.8 Å². The monoisotopic (exact) mass is 381 g/mol. The first-order valence-electron chi connectivity index (χ1n) is 9.31. The Kier molecular flexibility index (Phi) is 5.65. The van der Waals surface area contributed by atoms with Gasteiger partial charge in [-0.1, -0.05) is 41.6 Å². The zero-order valence-electron chi connectivity index (χ0n) is 15.1. The summed E-state index contributed by atoms with van der Waals surface area (Å²) in [5.41, 5.74) is 2.08. The molecule has 0 aliphatic carbocycles. The van der Waals surface area contributed by atoms with Gasteiger partial charge >= 0.3 is 0 Å². The molecule has 4 rings (SSSR count). The third-order valence-electron chi connectivity index (χ3n) is 4.98. The smallest absolute Gasteiger partial charge is 0.223 e. The van der Waals surface area contributed by atoms with Crippen LogP contribution in [0.25, 0.3) is 10.6 Å². The molecule has 0 saturated carbocycles. The highest BCUT2D eigenvalue weighted by atomic mass is 32.1. The van der Waals surface area contributed by atoms with Crippen LogP contribution in [0.1, 0.15) is 24.1 Å². The number of piperidine rings is 1. The van der Waals surface area contributed by atoms with Crippen molar-refractivity contribution in [1.82, 2.24) is 15.4 Å². The van der Waals surface area contributed by atoms with Gasteiger partial charge in [0.1, 0.15) is 0 Å². The van der Waals surface area contributed by atoms with Gasteiger partial charge in [0.2, 0.25) is 5.91 Å². The quantitative estimate of drug-likeness (QED) is 0.703.